The van der Waals surface area contributed by atoms with Crippen molar-refractivity contribution in [1.29, 1.82) is 0 Å². The first-order chi connectivity index (χ1) is 14.6. The van der Waals surface area contributed by atoms with Crippen molar-refractivity contribution >= 4 is 39.8 Å². The van der Waals surface area contributed by atoms with E-state index >= 15 is 0 Å². The first-order valence-electron chi connectivity index (χ1n) is 9.58. The van der Waals surface area contributed by atoms with Gasteiger partial charge in [0.05, 0.1) is 10.7 Å². The number of carbonyl (C=O) groups excluding carboxylic acids is 1. The van der Waals surface area contributed by atoms with E-state index in [2.05, 4.69) is 20.6 Å². The topological polar surface area (TPSA) is 76.1 Å². The highest BCUT2D eigenvalue weighted by Gasteiger charge is 2.16. The molecule has 6 nitrogen and oxygen atoms in total. The van der Waals surface area contributed by atoms with Crippen LogP contribution in [0.4, 0.5) is 15.3 Å². The Morgan fingerprint density at radius 1 is 1.27 bits per heavy atom. The summed E-state index contributed by atoms with van der Waals surface area (Å²) in [7, 11) is 0. The van der Waals surface area contributed by atoms with Crippen molar-refractivity contribution < 1.29 is 13.9 Å². The summed E-state index contributed by atoms with van der Waals surface area (Å²) < 4.78 is 18.4. The number of hydrogen-bond acceptors (Lipinski definition) is 6. The number of rotatable bonds is 6. The molecule has 9 heteroatoms. The van der Waals surface area contributed by atoms with Gasteiger partial charge in [0, 0.05) is 42.5 Å². The molecular weight excluding hydrogens is 427 g/mol. The number of carbonyl (C=O) groups is 1. The summed E-state index contributed by atoms with van der Waals surface area (Å²) in [4.78, 5) is 21.1. The van der Waals surface area contributed by atoms with Crippen LogP contribution in [0.3, 0.4) is 0 Å². The van der Waals surface area contributed by atoms with E-state index in [1.54, 1.807) is 6.07 Å². The molecule has 3 heterocycles. The van der Waals surface area contributed by atoms with Crippen LogP contribution in [0.5, 0.6) is 0 Å². The van der Waals surface area contributed by atoms with Crippen LogP contribution in [0.2, 0.25) is 5.02 Å². The van der Waals surface area contributed by atoms with Crippen molar-refractivity contribution in [2.45, 2.75) is 12.8 Å². The predicted molar refractivity (Wildman–Crippen MR) is 117 cm³/mol. The number of nitrogens with one attached hydrogen (secondary N) is 2. The zero-order valence-corrected chi connectivity index (χ0v) is 17.6. The molecule has 2 N–H and O–H groups in total. The third kappa shape index (κ3) is 5.13. The first-order valence-corrected chi connectivity index (χ1v) is 10.8. The second-order valence-electron chi connectivity index (χ2n) is 6.98. The summed E-state index contributed by atoms with van der Waals surface area (Å²) in [5.74, 6) is 0.147. The van der Waals surface area contributed by atoms with Crippen molar-refractivity contribution in [3.8, 4) is 11.3 Å². The molecular formula is C21H20ClFN4O2S. The maximum Gasteiger partial charge on any atom is 0.256 e. The molecule has 0 aliphatic carbocycles. The van der Waals surface area contributed by atoms with E-state index in [0.717, 1.165) is 37.7 Å². The standard InChI is InChI=1S/C21H20ClFN4O2S/c22-17-11-24-19(27-20(28)14-1-3-15(23)4-2-14)9-16(17)18-12-30-21(26-18)25-10-13-5-7-29-8-6-13/h1-4,9,11-13H,5-8,10H2,(H,25,26)(H,24,27,28). The molecule has 0 bridgehead atoms. The van der Waals surface area contributed by atoms with E-state index < -0.39 is 5.82 Å². The Labute approximate surface area is 182 Å². The third-order valence-corrected chi connectivity index (χ3v) is 5.97. The normalized spacial score (nSPS) is 14.5. The maximum absolute atomic E-state index is 13.0. The Morgan fingerprint density at radius 2 is 2.03 bits per heavy atom. The summed E-state index contributed by atoms with van der Waals surface area (Å²) in [6, 6.07) is 6.98. The van der Waals surface area contributed by atoms with Gasteiger partial charge in [0.25, 0.3) is 5.91 Å². The summed E-state index contributed by atoms with van der Waals surface area (Å²) in [5.41, 5.74) is 1.72. The first kappa shape index (κ1) is 20.7. The lowest BCUT2D eigenvalue weighted by molar-refractivity contribution is 0.0699. The van der Waals surface area contributed by atoms with Crippen LogP contribution in [0.25, 0.3) is 11.3 Å². The van der Waals surface area contributed by atoms with Crippen LogP contribution < -0.4 is 10.6 Å². The van der Waals surface area contributed by atoms with Crippen LogP contribution in [0.1, 0.15) is 23.2 Å². The minimum absolute atomic E-state index is 0.336. The fourth-order valence-electron chi connectivity index (χ4n) is 3.15. The molecule has 1 fully saturated rings. The van der Waals surface area contributed by atoms with Gasteiger partial charge in [-0.3, -0.25) is 4.79 Å². The molecule has 156 valence electrons. The quantitative estimate of drug-likeness (QED) is 0.551. The Kier molecular flexibility index (Phi) is 6.56. The number of pyridine rings is 1. The van der Waals surface area contributed by atoms with Crippen LogP contribution in [-0.4, -0.2) is 35.6 Å². The average Bonchev–Trinajstić information content (AvgIpc) is 3.23. The van der Waals surface area contributed by atoms with E-state index in [-0.39, 0.29) is 5.91 Å². The lowest BCUT2D eigenvalue weighted by Gasteiger charge is -2.21. The number of thiazole rings is 1. The van der Waals surface area contributed by atoms with Crippen LogP contribution in [0.15, 0.2) is 41.9 Å². The lowest BCUT2D eigenvalue weighted by atomic mass is 10.0. The summed E-state index contributed by atoms with van der Waals surface area (Å²) in [6.45, 7) is 2.49. The molecule has 0 spiro atoms. The van der Waals surface area contributed by atoms with Crippen molar-refractivity contribution in [2.75, 3.05) is 30.4 Å². The highest BCUT2D eigenvalue weighted by atomic mass is 35.5. The molecule has 2 aromatic heterocycles. The van der Waals surface area contributed by atoms with E-state index in [1.807, 2.05) is 5.38 Å². The number of ether oxygens (including phenoxy) is 1. The van der Waals surface area contributed by atoms with Gasteiger partial charge < -0.3 is 15.4 Å². The Morgan fingerprint density at radius 3 is 2.80 bits per heavy atom. The van der Waals surface area contributed by atoms with Crippen molar-refractivity contribution in [1.82, 2.24) is 9.97 Å². The number of nitrogens with zero attached hydrogens (tertiary/aromatic N) is 2. The molecule has 0 atom stereocenters. The zero-order chi connectivity index (χ0) is 20.9. The number of benzene rings is 1. The molecule has 1 aliphatic rings. The summed E-state index contributed by atoms with van der Waals surface area (Å²) >= 11 is 7.83. The van der Waals surface area contributed by atoms with Gasteiger partial charge in [-0.05, 0) is 49.1 Å². The van der Waals surface area contributed by atoms with Crippen LogP contribution in [-0.2, 0) is 4.74 Å². The molecule has 4 rings (SSSR count). The molecule has 3 aromatic rings. The highest BCUT2D eigenvalue weighted by Crippen LogP contribution is 2.32. The largest absolute Gasteiger partial charge is 0.381 e. The van der Waals surface area contributed by atoms with Crippen molar-refractivity contribution in [3.05, 3.63) is 58.3 Å². The lowest BCUT2D eigenvalue weighted by Crippen LogP contribution is -2.22. The van der Waals surface area contributed by atoms with Gasteiger partial charge >= 0.3 is 0 Å². The van der Waals surface area contributed by atoms with Gasteiger partial charge in [-0.15, -0.1) is 11.3 Å². The van der Waals surface area contributed by atoms with E-state index in [0.29, 0.717) is 33.6 Å². The SMILES string of the molecule is O=C(Nc1cc(-c2csc(NCC3CCOCC3)n2)c(Cl)cn1)c1ccc(F)cc1. The van der Waals surface area contributed by atoms with Crippen LogP contribution in [0, 0.1) is 11.7 Å². The molecule has 30 heavy (non-hydrogen) atoms. The fraction of sp³-hybridized carbons (Fsp3) is 0.286. The second-order valence-corrected chi connectivity index (χ2v) is 8.25. The Hall–Kier alpha value is -2.55. The zero-order valence-electron chi connectivity index (χ0n) is 16.0. The van der Waals surface area contributed by atoms with Crippen LogP contribution >= 0.6 is 22.9 Å². The molecule has 1 aromatic carbocycles. The van der Waals surface area contributed by atoms with E-state index in [9.17, 15) is 9.18 Å². The molecule has 0 saturated carbocycles. The molecule has 1 saturated heterocycles. The van der Waals surface area contributed by atoms with Gasteiger partial charge in [-0.2, -0.15) is 0 Å². The molecule has 1 amide bonds. The molecule has 0 radical (unpaired) electrons. The fourth-order valence-corrected chi connectivity index (χ4v) is 4.07. The predicted octanol–water partition coefficient (Wildman–Crippen LogP) is 5.09. The van der Waals surface area contributed by atoms with Crippen molar-refractivity contribution in [3.63, 3.8) is 0 Å². The monoisotopic (exact) mass is 446 g/mol. The molecule has 1 aliphatic heterocycles. The minimum atomic E-state index is -0.400. The van der Waals surface area contributed by atoms with Gasteiger partial charge in [0.2, 0.25) is 0 Å². The number of anilines is 2. The summed E-state index contributed by atoms with van der Waals surface area (Å²) in [6.07, 6.45) is 3.59. The van der Waals surface area contributed by atoms with Gasteiger partial charge in [-0.25, -0.2) is 14.4 Å². The third-order valence-electron chi connectivity index (χ3n) is 4.87. The van der Waals surface area contributed by atoms with Gasteiger partial charge in [-0.1, -0.05) is 11.6 Å². The van der Waals surface area contributed by atoms with Gasteiger partial charge in [0.1, 0.15) is 11.6 Å². The smallest absolute Gasteiger partial charge is 0.256 e. The highest BCUT2D eigenvalue weighted by molar-refractivity contribution is 7.14. The molecule has 0 unspecified atom stereocenters. The number of hydrogen-bond donors (Lipinski definition) is 2. The van der Waals surface area contributed by atoms with E-state index in [4.69, 9.17) is 16.3 Å². The average molecular weight is 447 g/mol. The van der Waals surface area contributed by atoms with Crippen molar-refractivity contribution in [2.24, 2.45) is 5.92 Å². The Balaban J connectivity index is 1.44. The summed E-state index contributed by atoms with van der Waals surface area (Å²) in [5, 5.41) is 9.27. The number of halogens is 2. The maximum atomic E-state index is 13.0. The number of aromatic nitrogens is 2. The Bertz CT molecular complexity index is 1020. The minimum Gasteiger partial charge on any atom is -0.381 e. The number of amides is 1. The van der Waals surface area contributed by atoms with Gasteiger partial charge in [0.15, 0.2) is 5.13 Å². The van der Waals surface area contributed by atoms with E-state index in [1.165, 1.54) is 41.8 Å². The second kappa shape index (κ2) is 9.51.